The number of aryl methyl sites for hydroxylation is 2. The summed E-state index contributed by atoms with van der Waals surface area (Å²) in [4.78, 5) is 9.98. The van der Waals surface area contributed by atoms with Crippen molar-refractivity contribution in [2.75, 3.05) is 39.0 Å². The van der Waals surface area contributed by atoms with Gasteiger partial charge >= 0.3 is 0 Å². The Bertz CT molecular complexity index is 1360. The number of hydrogen-bond donors (Lipinski definition) is 2. The summed E-state index contributed by atoms with van der Waals surface area (Å²) < 4.78 is 37.5. The third-order valence-corrected chi connectivity index (χ3v) is 9.19. The number of aliphatic hydroxyl groups is 1. The summed E-state index contributed by atoms with van der Waals surface area (Å²) in [5, 5.41) is 17.1. The van der Waals surface area contributed by atoms with Crippen molar-refractivity contribution in [3.63, 3.8) is 0 Å². The SMILES string of the molecule is CCS(=O)(=O)N1CCC(Cc2nc(-c3cccc(OCC(O)CNC)c3)nc(-c3c(C)noc3C)c2C)CC1. The van der Waals surface area contributed by atoms with E-state index in [1.54, 1.807) is 18.3 Å². The van der Waals surface area contributed by atoms with Gasteiger partial charge in [0.2, 0.25) is 10.0 Å². The molecule has 1 saturated heterocycles. The fraction of sp³-hybridized carbons (Fsp3) is 0.536. The molecular weight excluding hydrogens is 518 g/mol. The van der Waals surface area contributed by atoms with Gasteiger partial charge in [-0.2, -0.15) is 0 Å². The number of aromatic nitrogens is 3. The van der Waals surface area contributed by atoms with E-state index in [9.17, 15) is 13.5 Å². The van der Waals surface area contributed by atoms with Crippen molar-refractivity contribution in [2.45, 2.75) is 53.1 Å². The maximum Gasteiger partial charge on any atom is 0.213 e. The predicted octanol–water partition coefficient (Wildman–Crippen LogP) is 3.29. The maximum atomic E-state index is 12.3. The zero-order valence-corrected chi connectivity index (χ0v) is 24.2. The molecule has 0 aliphatic carbocycles. The van der Waals surface area contributed by atoms with Crippen LogP contribution in [0.4, 0.5) is 0 Å². The molecule has 1 unspecified atom stereocenters. The average Bonchev–Trinajstić information content (AvgIpc) is 3.26. The zero-order valence-electron chi connectivity index (χ0n) is 23.4. The molecule has 39 heavy (non-hydrogen) atoms. The van der Waals surface area contributed by atoms with Crippen LogP contribution in [0.5, 0.6) is 5.75 Å². The first kappa shape index (κ1) is 29.1. The Morgan fingerprint density at radius 3 is 2.59 bits per heavy atom. The van der Waals surface area contributed by atoms with Crippen molar-refractivity contribution in [1.82, 2.24) is 24.7 Å². The molecule has 2 aromatic heterocycles. The largest absolute Gasteiger partial charge is 0.491 e. The van der Waals surface area contributed by atoms with Gasteiger partial charge in [-0.15, -0.1) is 0 Å². The van der Waals surface area contributed by atoms with E-state index < -0.39 is 16.1 Å². The Morgan fingerprint density at radius 1 is 1.21 bits per heavy atom. The molecular formula is C28H39N5O5S. The summed E-state index contributed by atoms with van der Waals surface area (Å²) in [5.74, 6) is 2.33. The molecule has 3 heterocycles. The molecule has 1 aromatic carbocycles. The molecule has 0 amide bonds. The summed E-state index contributed by atoms with van der Waals surface area (Å²) in [7, 11) is -1.39. The van der Waals surface area contributed by atoms with E-state index in [4.69, 9.17) is 19.2 Å². The van der Waals surface area contributed by atoms with Crippen molar-refractivity contribution in [3.05, 3.63) is 47.0 Å². The van der Waals surface area contributed by atoms with Gasteiger partial charge in [0.25, 0.3) is 0 Å². The number of piperidine rings is 1. The van der Waals surface area contributed by atoms with E-state index in [0.717, 1.165) is 53.0 Å². The molecule has 1 atom stereocenters. The number of benzene rings is 1. The van der Waals surface area contributed by atoms with E-state index in [-0.39, 0.29) is 12.4 Å². The fourth-order valence-corrected chi connectivity index (χ4v) is 6.15. The second-order valence-corrected chi connectivity index (χ2v) is 12.4. The van der Waals surface area contributed by atoms with Crippen LogP contribution in [0.25, 0.3) is 22.6 Å². The van der Waals surface area contributed by atoms with E-state index >= 15 is 0 Å². The Morgan fingerprint density at radius 2 is 1.95 bits per heavy atom. The van der Waals surface area contributed by atoms with Crippen LogP contribution in [0.2, 0.25) is 0 Å². The number of hydrogen-bond acceptors (Lipinski definition) is 9. The summed E-state index contributed by atoms with van der Waals surface area (Å²) in [6, 6.07) is 7.55. The van der Waals surface area contributed by atoms with Gasteiger partial charge in [0.05, 0.1) is 22.7 Å². The van der Waals surface area contributed by atoms with Crippen LogP contribution in [0.3, 0.4) is 0 Å². The molecule has 4 rings (SSSR count). The predicted molar refractivity (Wildman–Crippen MR) is 150 cm³/mol. The molecule has 0 bridgehead atoms. The molecule has 3 aromatic rings. The summed E-state index contributed by atoms with van der Waals surface area (Å²) in [6.45, 7) is 9.18. The maximum absolute atomic E-state index is 12.3. The standard InChI is InChI=1S/C28H39N5O5S/c1-6-39(35,36)33-12-10-21(11-13-33)14-25-18(2)27(26-19(3)32-38-20(26)4)31-28(30-25)22-8-7-9-24(15-22)37-17-23(34)16-29-5/h7-9,15,21,23,29,34H,6,10-14,16-17H2,1-5H3. The van der Waals surface area contributed by atoms with Crippen LogP contribution in [-0.2, 0) is 16.4 Å². The third-order valence-electron chi connectivity index (χ3n) is 7.30. The van der Waals surface area contributed by atoms with Crippen LogP contribution in [0.1, 0.15) is 42.5 Å². The Hall–Kier alpha value is -2.86. The Kier molecular flexibility index (Phi) is 9.37. The Labute approximate surface area is 230 Å². The monoisotopic (exact) mass is 557 g/mol. The highest BCUT2D eigenvalue weighted by Crippen LogP contribution is 2.34. The fourth-order valence-electron chi connectivity index (χ4n) is 5.01. The first-order valence-corrected chi connectivity index (χ1v) is 15.1. The van der Waals surface area contributed by atoms with Crippen molar-refractivity contribution in [1.29, 1.82) is 0 Å². The third kappa shape index (κ3) is 6.84. The molecule has 0 spiro atoms. The summed E-state index contributed by atoms with van der Waals surface area (Å²) in [5.41, 5.74) is 5.12. The average molecular weight is 558 g/mol. The smallest absolute Gasteiger partial charge is 0.213 e. The molecule has 0 radical (unpaired) electrons. The van der Waals surface area contributed by atoms with Gasteiger partial charge in [0, 0.05) is 30.9 Å². The van der Waals surface area contributed by atoms with Gasteiger partial charge in [-0.25, -0.2) is 22.7 Å². The quantitative estimate of drug-likeness (QED) is 0.365. The second kappa shape index (κ2) is 12.5. The molecule has 10 nitrogen and oxygen atoms in total. The highest BCUT2D eigenvalue weighted by molar-refractivity contribution is 7.89. The van der Waals surface area contributed by atoms with Crippen molar-refractivity contribution >= 4 is 10.0 Å². The van der Waals surface area contributed by atoms with Crippen molar-refractivity contribution < 1.29 is 22.8 Å². The molecule has 1 fully saturated rings. The minimum absolute atomic E-state index is 0.129. The highest BCUT2D eigenvalue weighted by atomic mass is 32.2. The molecule has 0 saturated carbocycles. The van der Waals surface area contributed by atoms with E-state index in [1.807, 2.05) is 45.0 Å². The number of sulfonamides is 1. The van der Waals surface area contributed by atoms with Gasteiger partial charge in [-0.1, -0.05) is 17.3 Å². The van der Waals surface area contributed by atoms with Gasteiger partial charge in [-0.3, -0.25) is 0 Å². The van der Waals surface area contributed by atoms with E-state index in [1.165, 1.54) is 0 Å². The minimum Gasteiger partial charge on any atom is -0.491 e. The van der Waals surface area contributed by atoms with Crippen LogP contribution < -0.4 is 10.1 Å². The topological polar surface area (TPSA) is 131 Å². The molecule has 212 valence electrons. The van der Waals surface area contributed by atoms with Crippen LogP contribution in [0.15, 0.2) is 28.8 Å². The summed E-state index contributed by atoms with van der Waals surface area (Å²) >= 11 is 0. The van der Waals surface area contributed by atoms with E-state index in [0.29, 0.717) is 42.9 Å². The lowest BCUT2D eigenvalue weighted by Gasteiger charge is -2.31. The van der Waals surface area contributed by atoms with Crippen LogP contribution >= 0.6 is 0 Å². The summed E-state index contributed by atoms with van der Waals surface area (Å²) in [6.07, 6.45) is 1.68. The number of ether oxygens (including phenoxy) is 1. The first-order chi connectivity index (χ1) is 18.6. The van der Waals surface area contributed by atoms with Crippen molar-refractivity contribution in [3.8, 4) is 28.4 Å². The lowest BCUT2D eigenvalue weighted by Crippen LogP contribution is -2.39. The molecule has 1 aliphatic heterocycles. The first-order valence-electron chi connectivity index (χ1n) is 13.5. The molecule has 1 aliphatic rings. The second-order valence-electron chi connectivity index (χ2n) is 10.2. The zero-order chi connectivity index (χ0) is 28.2. The van der Waals surface area contributed by atoms with Gasteiger partial charge in [0.1, 0.15) is 24.2 Å². The lowest BCUT2D eigenvalue weighted by atomic mass is 9.90. The van der Waals surface area contributed by atoms with Gasteiger partial charge < -0.3 is 19.7 Å². The number of rotatable bonds is 11. The van der Waals surface area contributed by atoms with Crippen LogP contribution in [0, 0.1) is 26.7 Å². The van der Waals surface area contributed by atoms with E-state index in [2.05, 4.69) is 10.5 Å². The minimum atomic E-state index is -3.17. The van der Waals surface area contributed by atoms with Crippen LogP contribution in [-0.4, -0.2) is 78.1 Å². The van der Waals surface area contributed by atoms with Gasteiger partial charge in [-0.05, 0) is 77.6 Å². The normalized spacial score (nSPS) is 15.9. The number of likely N-dealkylation sites (N-methyl/N-ethyl adjacent to an activating group) is 1. The number of nitrogens with one attached hydrogen (secondary N) is 1. The number of nitrogens with zero attached hydrogens (tertiary/aromatic N) is 4. The molecule has 11 heteroatoms. The van der Waals surface area contributed by atoms with Gasteiger partial charge in [0.15, 0.2) is 5.82 Å². The Balaban J connectivity index is 1.66. The number of aliphatic hydroxyl groups excluding tert-OH is 1. The lowest BCUT2D eigenvalue weighted by molar-refractivity contribution is 0.108. The molecule has 2 N–H and O–H groups in total. The highest BCUT2D eigenvalue weighted by Gasteiger charge is 2.28. The van der Waals surface area contributed by atoms with Crippen molar-refractivity contribution in [2.24, 2.45) is 5.92 Å².